The van der Waals surface area contributed by atoms with Crippen LogP contribution in [0.2, 0.25) is 0 Å². The molecule has 2 aromatic carbocycles. The lowest BCUT2D eigenvalue weighted by molar-refractivity contribution is 0.323. The van der Waals surface area contributed by atoms with Gasteiger partial charge in [-0.2, -0.15) is 0 Å². The Bertz CT molecular complexity index is 735. The van der Waals surface area contributed by atoms with Crippen molar-refractivity contribution in [3.63, 3.8) is 0 Å². The molecule has 0 saturated carbocycles. The lowest BCUT2D eigenvalue weighted by atomic mass is 10.1. The number of rotatable bonds is 7. The Morgan fingerprint density at radius 1 is 0.885 bits per heavy atom. The number of aryl methyl sites for hydroxylation is 1. The smallest absolute Gasteiger partial charge is 0.203 e. The van der Waals surface area contributed by atoms with Crippen molar-refractivity contribution in [2.75, 3.05) is 28.4 Å². The van der Waals surface area contributed by atoms with Gasteiger partial charge in [0.2, 0.25) is 5.75 Å². The number of hydrogen-bond donors (Lipinski definition) is 2. The standard InChI is InChI=1S/C20H27N3O3/c1-14-7-6-8-15(9-14)12-22-20(21-2)23-13-16-10-17(24-3)19(26-5)18(11-16)25-4/h6-11H,12-13H2,1-5H3,(H2,21,22,23). The van der Waals surface area contributed by atoms with Crippen molar-refractivity contribution >= 4 is 5.96 Å². The fourth-order valence-electron chi connectivity index (χ4n) is 2.65. The molecule has 0 aromatic heterocycles. The Morgan fingerprint density at radius 2 is 1.50 bits per heavy atom. The molecule has 2 rings (SSSR count). The van der Waals surface area contributed by atoms with Crippen LogP contribution < -0.4 is 24.8 Å². The zero-order valence-corrected chi connectivity index (χ0v) is 16.1. The fourth-order valence-corrected chi connectivity index (χ4v) is 2.65. The van der Waals surface area contributed by atoms with Gasteiger partial charge < -0.3 is 24.8 Å². The summed E-state index contributed by atoms with van der Waals surface area (Å²) in [6, 6.07) is 12.2. The summed E-state index contributed by atoms with van der Waals surface area (Å²) in [5, 5.41) is 6.61. The van der Waals surface area contributed by atoms with E-state index in [1.807, 2.05) is 12.1 Å². The number of nitrogens with one attached hydrogen (secondary N) is 2. The van der Waals surface area contributed by atoms with Gasteiger partial charge in [-0.05, 0) is 30.2 Å². The highest BCUT2D eigenvalue weighted by Crippen LogP contribution is 2.38. The summed E-state index contributed by atoms with van der Waals surface area (Å²) in [7, 11) is 6.56. The highest BCUT2D eigenvalue weighted by molar-refractivity contribution is 5.79. The monoisotopic (exact) mass is 357 g/mol. The van der Waals surface area contributed by atoms with E-state index in [0.717, 1.165) is 11.5 Å². The molecule has 140 valence electrons. The molecule has 0 heterocycles. The van der Waals surface area contributed by atoms with E-state index in [0.29, 0.717) is 30.3 Å². The molecular weight excluding hydrogens is 330 g/mol. The van der Waals surface area contributed by atoms with Crippen LogP contribution in [0.5, 0.6) is 17.2 Å². The third-order valence-electron chi connectivity index (χ3n) is 3.95. The topological polar surface area (TPSA) is 64.1 Å². The van der Waals surface area contributed by atoms with Crippen molar-refractivity contribution in [2.45, 2.75) is 20.0 Å². The first kappa shape index (κ1) is 19.4. The highest BCUT2D eigenvalue weighted by atomic mass is 16.5. The molecule has 0 radical (unpaired) electrons. The number of methoxy groups -OCH3 is 3. The average molecular weight is 357 g/mol. The van der Waals surface area contributed by atoms with E-state index in [1.54, 1.807) is 28.4 Å². The maximum Gasteiger partial charge on any atom is 0.203 e. The Labute approximate surface area is 155 Å². The van der Waals surface area contributed by atoms with E-state index in [2.05, 4.69) is 46.8 Å². The lowest BCUT2D eigenvalue weighted by Gasteiger charge is -2.16. The van der Waals surface area contributed by atoms with Gasteiger partial charge in [-0.25, -0.2) is 0 Å². The molecule has 2 N–H and O–H groups in total. The summed E-state index contributed by atoms with van der Waals surface area (Å²) in [6.07, 6.45) is 0. The molecule has 0 fully saturated rings. The third kappa shape index (κ3) is 5.05. The van der Waals surface area contributed by atoms with Crippen molar-refractivity contribution in [1.29, 1.82) is 0 Å². The van der Waals surface area contributed by atoms with E-state index >= 15 is 0 Å². The second-order valence-corrected chi connectivity index (χ2v) is 5.80. The van der Waals surface area contributed by atoms with E-state index in [1.165, 1.54) is 11.1 Å². The largest absolute Gasteiger partial charge is 0.493 e. The Balaban J connectivity index is 2.01. The fraction of sp³-hybridized carbons (Fsp3) is 0.350. The Morgan fingerprint density at radius 3 is 2.00 bits per heavy atom. The van der Waals surface area contributed by atoms with Gasteiger partial charge in [0.25, 0.3) is 0 Å². The molecule has 6 nitrogen and oxygen atoms in total. The van der Waals surface area contributed by atoms with Crippen LogP contribution in [-0.4, -0.2) is 34.3 Å². The molecule has 0 spiro atoms. The van der Waals surface area contributed by atoms with Gasteiger partial charge >= 0.3 is 0 Å². The second kappa shape index (κ2) is 9.56. The second-order valence-electron chi connectivity index (χ2n) is 5.80. The predicted molar refractivity (Wildman–Crippen MR) is 104 cm³/mol. The minimum absolute atomic E-state index is 0.574. The number of benzene rings is 2. The number of aliphatic imine (C=N–C) groups is 1. The summed E-state index contributed by atoms with van der Waals surface area (Å²) in [5.74, 6) is 2.57. The summed E-state index contributed by atoms with van der Waals surface area (Å²) in [4.78, 5) is 4.27. The van der Waals surface area contributed by atoms with E-state index in [4.69, 9.17) is 14.2 Å². The van der Waals surface area contributed by atoms with Crippen LogP contribution in [0.1, 0.15) is 16.7 Å². The van der Waals surface area contributed by atoms with Gasteiger partial charge in [-0.3, -0.25) is 4.99 Å². The zero-order valence-electron chi connectivity index (χ0n) is 16.1. The maximum absolute atomic E-state index is 5.39. The normalized spacial score (nSPS) is 11.0. The van der Waals surface area contributed by atoms with E-state index in [-0.39, 0.29) is 0 Å². The molecule has 0 unspecified atom stereocenters. The quantitative estimate of drug-likeness (QED) is 0.589. The van der Waals surface area contributed by atoms with Crippen LogP contribution in [0.15, 0.2) is 41.4 Å². The summed E-state index contributed by atoms with van der Waals surface area (Å²) in [5.41, 5.74) is 3.45. The molecule has 0 aliphatic heterocycles. The van der Waals surface area contributed by atoms with Gasteiger partial charge in [-0.15, -0.1) is 0 Å². The van der Waals surface area contributed by atoms with Crippen molar-refractivity contribution < 1.29 is 14.2 Å². The SMILES string of the molecule is CN=C(NCc1cccc(C)c1)NCc1cc(OC)c(OC)c(OC)c1. The van der Waals surface area contributed by atoms with Crippen molar-refractivity contribution in [2.24, 2.45) is 4.99 Å². The van der Waals surface area contributed by atoms with E-state index in [9.17, 15) is 0 Å². The zero-order chi connectivity index (χ0) is 18.9. The molecule has 0 atom stereocenters. The van der Waals surface area contributed by atoms with Gasteiger partial charge in [0.1, 0.15) is 0 Å². The molecule has 6 heteroatoms. The van der Waals surface area contributed by atoms with Crippen LogP contribution in [0.4, 0.5) is 0 Å². The van der Waals surface area contributed by atoms with Gasteiger partial charge in [-0.1, -0.05) is 29.8 Å². The Hall–Kier alpha value is -2.89. The average Bonchev–Trinajstić information content (AvgIpc) is 2.67. The summed E-state index contributed by atoms with van der Waals surface area (Å²) in [6.45, 7) is 3.36. The van der Waals surface area contributed by atoms with Crippen LogP contribution in [-0.2, 0) is 13.1 Å². The van der Waals surface area contributed by atoms with Gasteiger partial charge in [0.15, 0.2) is 17.5 Å². The first-order valence-corrected chi connectivity index (χ1v) is 8.40. The van der Waals surface area contributed by atoms with Crippen LogP contribution in [0.25, 0.3) is 0 Å². The van der Waals surface area contributed by atoms with Crippen molar-refractivity contribution in [3.05, 3.63) is 53.1 Å². The molecule has 0 amide bonds. The minimum Gasteiger partial charge on any atom is -0.493 e. The van der Waals surface area contributed by atoms with Gasteiger partial charge in [0, 0.05) is 20.1 Å². The molecule has 0 aliphatic carbocycles. The highest BCUT2D eigenvalue weighted by Gasteiger charge is 2.13. The minimum atomic E-state index is 0.574. The number of nitrogens with zero attached hydrogens (tertiary/aromatic N) is 1. The van der Waals surface area contributed by atoms with Crippen molar-refractivity contribution in [1.82, 2.24) is 10.6 Å². The first-order valence-electron chi connectivity index (χ1n) is 8.40. The number of hydrogen-bond acceptors (Lipinski definition) is 4. The molecule has 26 heavy (non-hydrogen) atoms. The molecule has 0 bridgehead atoms. The molecule has 2 aromatic rings. The van der Waals surface area contributed by atoms with Crippen molar-refractivity contribution in [3.8, 4) is 17.2 Å². The van der Waals surface area contributed by atoms with Gasteiger partial charge in [0.05, 0.1) is 21.3 Å². The number of ether oxygens (including phenoxy) is 3. The van der Waals surface area contributed by atoms with Crippen LogP contribution in [0.3, 0.4) is 0 Å². The number of guanidine groups is 1. The van der Waals surface area contributed by atoms with E-state index < -0.39 is 0 Å². The third-order valence-corrected chi connectivity index (χ3v) is 3.95. The molecule has 0 aliphatic rings. The molecule has 0 saturated heterocycles. The Kier molecular flexibility index (Phi) is 7.14. The maximum atomic E-state index is 5.39. The summed E-state index contributed by atoms with van der Waals surface area (Å²) >= 11 is 0. The lowest BCUT2D eigenvalue weighted by Crippen LogP contribution is -2.36. The predicted octanol–water partition coefficient (Wildman–Crippen LogP) is 2.89. The summed E-state index contributed by atoms with van der Waals surface area (Å²) < 4.78 is 16.1. The van der Waals surface area contributed by atoms with Crippen LogP contribution in [0, 0.1) is 6.92 Å². The first-order chi connectivity index (χ1) is 12.6. The molecular formula is C20H27N3O3. The van der Waals surface area contributed by atoms with Crippen LogP contribution >= 0.6 is 0 Å².